The van der Waals surface area contributed by atoms with Gasteiger partial charge in [0.15, 0.2) is 11.8 Å². The molecule has 0 radical (unpaired) electrons. The number of hydrogen-bond acceptors (Lipinski definition) is 5. The van der Waals surface area contributed by atoms with E-state index in [4.69, 9.17) is 4.52 Å². The molecule has 2 rings (SSSR count). The molecule has 150 valence electrons. The Morgan fingerprint density at radius 1 is 1.27 bits per heavy atom. The molecule has 2 N–H and O–H groups in total. The van der Waals surface area contributed by atoms with Crippen molar-refractivity contribution in [3.63, 3.8) is 0 Å². The van der Waals surface area contributed by atoms with Crippen molar-refractivity contribution in [2.24, 2.45) is 4.99 Å². The number of hydrogen-bond donors (Lipinski definition) is 2. The molecule has 0 atom stereocenters. The molecule has 0 unspecified atom stereocenters. The van der Waals surface area contributed by atoms with Crippen molar-refractivity contribution in [3.05, 3.63) is 11.7 Å². The number of piperidine rings is 1. The van der Waals surface area contributed by atoms with Gasteiger partial charge in [0.25, 0.3) is 0 Å². The van der Waals surface area contributed by atoms with Crippen LogP contribution in [0.15, 0.2) is 9.52 Å². The number of nitrogens with one attached hydrogen (secondary N) is 2. The Morgan fingerprint density at radius 3 is 2.50 bits per heavy atom. The zero-order valence-corrected chi connectivity index (χ0v) is 19.1. The van der Waals surface area contributed by atoms with E-state index in [9.17, 15) is 0 Å². The Balaban J connectivity index is 0.00000338. The fraction of sp³-hybridized carbons (Fsp3) is 0.833. The minimum atomic E-state index is 0. The second-order valence-corrected chi connectivity index (χ2v) is 7.26. The molecule has 0 bridgehead atoms. The highest BCUT2D eigenvalue weighted by Gasteiger charge is 2.21. The first kappa shape index (κ1) is 23.1. The van der Waals surface area contributed by atoms with Crippen molar-refractivity contribution in [2.45, 2.75) is 71.9 Å². The van der Waals surface area contributed by atoms with Gasteiger partial charge in [0, 0.05) is 44.1 Å². The molecule has 0 aliphatic carbocycles. The van der Waals surface area contributed by atoms with Crippen LogP contribution in [0.2, 0.25) is 0 Å². The number of aliphatic imine (C=N–C) groups is 1. The van der Waals surface area contributed by atoms with Crippen LogP contribution in [0.25, 0.3) is 0 Å². The summed E-state index contributed by atoms with van der Waals surface area (Å²) in [5.74, 6) is 2.60. The van der Waals surface area contributed by atoms with Crippen molar-refractivity contribution in [3.8, 4) is 0 Å². The van der Waals surface area contributed by atoms with E-state index in [2.05, 4.69) is 65.3 Å². The molecule has 7 nitrogen and oxygen atoms in total. The molecule has 1 aromatic rings. The highest BCUT2D eigenvalue weighted by molar-refractivity contribution is 14.0. The first-order valence-electron chi connectivity index (χ1n) is 9.61. The van der Waals surface area contributed by atoms with Crippen LogP contribution in [0, 0.1) is 0 Å². The zero-order valence-electron chi connectivity index (χ0n) is 16.8. The zero-order chi connectivity index (χ0) is 18.2. The lowest BCUT2D eigenvalue weighted by Crippen LogP contribution is -2.49. The van der Waals surface area contributed by atoms with Crippen LogP contribution in [0.5, 0.6) is 0 Å². The monoisotopic (exact) mass is 478 g/mol. The Bertz CT molecular complexity index is 538. The molecule has 1 fully saturated rings. The Morgan fingerprint density at radius 2 is 1.96 bits per heavy atom. The summed E-state index contributed by atoms with van der Waals surface area (Å²) >= 11 is 0. The number of rotatable bonds is 7. The summed E-state index contributed by atoms with van der Waals surface area (Å²) in [5.41, 5.74) is 0. The molecule has 1 aromatic heterocycles. The number of guanidine groups is 1. The second kappa shape index (κ2) is 11.7. The Hall–Kier alpha value is -0.900. The van der Waals surface area contributed by atoms with Crippen molar-refractivity contribution >= 4 is 29.9 Å². The summed E-state index contributed by atoms with van der Waals surface area (Å²) in [7, 11) is 0. The van der Waals surface area contributed by atoms with E-state index >= 15 is 0 Å². The largest absolute Gasteiger partial charge is 0.357 e. The van der Waals surface area contributed by atoms with Gasteiger partial charge in [-0.15, -0.1) is 24.0 Å². The van der Waals surface area contributed by atoms with Gasteiger partial charge in [-0.3, -0.25) is 4.99 Å². The van der Waals surface area contributed by atoms with E-state index in [0.29, 0.717) is 30.9 Å². The van der Waals surface area contributed by atoms with Crippen molar-refractivity contribution < 1.29 is 4.52 Å². The topological polar surface area (TPSA) is 78.6 Å². The summed E-state index contributed by atoms with van der Waals surface area (Å²) in [6.45, 7) is 14.5. The molecule has 1 aliphatic heterocycles. The maximum absolute atomic E-state index is 5.28. The molecule has 0 saturated carbocycles. The van der Waals surface area contributed by atoms with E-state index < -0.39 is 0 Å². The summed E-state index contributed by atoms with van der Waals surface area (Å²) in [4.78, 5) is 11.6. The summed E-state index contributed by atoms with van der Waals surface area (Å²) in [5, 5.41) is 10.9. The van der Waals surface area contributed by atoms with Gasteiger partial charge in [-0.25, -0.2) is 0 Å². The molecule has 0 spiro atoms. The quantitative estimate of drug-likeness (QED) is 0.357. The first-order chi connectivity index (χ1) is 12.0. The lowest BCUT2D eigenvalue weighted by Gasteiger charge is -2.35. The Kier molecular flexibility index (Phi) is 10.4. The van der Waals surface area contributed by atoms with Crippen LogP contribution < -0.4 is 10.6 Å². The van der Waals surface area contributed by atoms with Crippen LogP contribution in [0.3, 0.4) is 0 Å². The third kappa shape index (κ3) is 7.38. The van der Waals surface area contributed by atoms with Gasteiger partial charge >= 0.3 is 0 Å². The number of nitrogens with zero attached hydrogens (tertiary/aromatic N) is 4. The van der Waals surface area contributed by atoms with Crippen molar-refractivity contribution in [2.75, 3.05) is 26.2 Å². The van der Waals surface area contributed by atoms with E-state index in [0.717, 1.165) is 44.3 Å². The Labute approximate surface area is 174 Å². The fourth-order valence-electron chi connectivity index (χ4n) is 2.94. The van der Waals surface area contributed by atoms with Gasteiger partial charge in [-0.1, -0.05) is 19.0 Å². The molecule has 0 aromatic carbocycles. The van der Waals surface area contributed by atoms with Gasteiger partial charge in [0.1, 0.15) is 0 Å². The van der Waals surface area contributed by atoms with Crippen molar-refractivity contribution in [1.29, 1.82) is 0 Å². The maximum Gasteiger partial charge on any atom is 0.228 e. The van der Waals surface area contributed by atoms with E-state index in [-0.39, 0.29) is 29.9 Å². The highest BCUT2D eigenvalue weighted by atomic mass is 127. The van der Waals surface area contributed by atoms with Gasteiger partial charge in [0.2, 0.25) is 5.89 Å². The van der Waals surface area contributed by atoms with Crippen LogP contribution in [0.4, 0.5) is 0 Å². The third-order valence-electron chi connectivity index (χ3n) is 4.54. The van der Waals surface area contributed by atoms with Crippen LogP contribution in [-0.4, -0.2) is 59.3 Å². The van der Waals surface area contributed by atoms with Crippen LogP contribution in [-0.2, 0) is 6.42 Å². The predicted molar refractivity (Wildman–Crippen MR) is 116 cm³/mol. The van der Waals surface area contributed by atoms with Crippen LogP contribution >= 0.6 is 24.0 Å². The standard InChI is InChI=1S/C18H34N6O.HI/c1-6-19-18(21-15-8-11-24(12-9-15)14(4)5)20-10-7-16-22-17(13(2)3)23-25-16;/h13-15H,6-12H2,1-5H3,(H2,19,20,21);1H. The molecule has 1 saturated heterocycles. The first-order valence-corrected chi connectivity index (χ1v) is 9.61. The minimum absolute atomic E-state index is 0. The predicted octanol–water partition coefficient (Wildman–Crippen LogP) is 2.78. The van der Waals surface area contributed by atoms with E-state index in [1.807, 2.05) is 0 Å². The molecule has 8 heteroatoms. The van der Waals surface area contributed by atoms with Gasteiger partial charge in [-0.2, -0.15) is 4.98 Å². The minimum Gasteiger partial charge on any atom is -0.357 e. The SMILES string of the molecule is CCNC(=NCCc1nc(C(C)C)no1)NC1CCN(C(C)C)CC1.I. The number of aromatic nitrogens is 2. The highest BCUT2D eigenvalue weighted by Crippen LogP contribution is 2.13. The molecule has 0 amide bonds. The molecular weight excluding hydrogens is 443 g/mol. The fourth-order valence-corrected chi connectivity index (χ4v) is 2.94. The summed E-state index contributed by atoms with van der Waals surface area (Å²) < 4.78 is 5.28. The summed E-state index contributed by atoms with van der Waals surface area (Å²) in [6, 6.07) is 1.12. The summed E-state index contributed by atoms with van der Waals surface area (Å²) in [6.07, 6.45) is 2.98. The second-order valence-electron chi connectivity index (χ2n) is 7.26. The maximum atomic E-state index is 5.28. The smallest absolute Gasteiger partial charge is 0.228 e. The molecule has 26 heavy (non-hydrogen) atoms. The van der Waals surface area contributed by atoms with Gasteiger partial charge < -0.3 is 20.1 Å². The number of likely N-dealkylation sites (tertiary alicyclic amines) is 1. The van der Waals surface area contributed by atoms with Gasteiger partial charge in [-0.05, 0) is 33.6 Å². The third-order valence-corrected chi connectivity index (χ3v) is 4.54. The van der Waals surface area contributed by atoms with Gasteiger partial charge in [0.05, 0.1) is 6.54 Å². The average Bonchev–Trinajstić information content (AvgIpc) is 3.05. The lowest BCUT2D eigenvalue weighted by atomic mass is 10.0. The van der Waals surface area contributed by atoms with Crippen molar-refractivity contribution in [1.82, 2.24) is 25.7 Å². The van der Waals surface area contributed by atoms with E-state index in [1.54, 1.807) is 0 Å². The normalized spacial score (nSPS) is 16.8. The molecule has 2 heterocycles. The molecular formula is C18H35IN6O. The van der Waals surface area contributed by atoms with E-state index in [1.165, 1.54) is 0 Å². The lowest BCUT2D eigenvalue weighted by molar-refractivity contribution is 0.167. The van der Waals surface area contributed by atoms with Crippen LogP contribution in [0.1, 0.15) is 65.1 Å². The average molecular weight is 478 g/mol. The molecule has 1 aliphatic rings. The number of halogens is 1.